The van der Waals surface area contributed by atoms with E-state index in [4.69, 9.17) is 5.11 Å². The molecule has 0 saturated heterocycles. The lowest BCUT2D eigenvalue weighted by Gasteiger charge is -2.27. The Labute approximate surface area is 95.6 Å². The molecule has 0 bridgehead atoms. The molecule has 1 rings (SSSR count). The normalized spacial score (nSPS) is 24.8. The molecule has 0 aromatic rings. The van der Waals surface area contributed by atoms with Gasteiger partial charge in [-0.3, -0.25) is 4.79 Å². The highest BCUT2D eigenvalue weighted by atomic mass is 16.4. The van der Waals surface area contributed by atoms with Crippen LogP contribution >= 0.6 is 0 Å². The molecule has 92 valence electrons. The predicted octanol–water partition coefficient (Wildman–Crippen LogP) is 1.34. The van der Waals surface area contributed by atoms with E-state index in [1.807, 2.05) is 6.92 Å². The lowest BCUT2D eigenvalue weighted by atomic mass is 9.85. The monoisotopic (exact) mass is 228 g/mol. The van der Waals surface area contributed by atoms with Crippen molar-refractivity contribution in [2.24, 2.45) is 5.92 Å². The smallest absolute Gasteiger partial charge is 0.404 e. The first-order chi connectivity index (χ1) is 7.63. The summed E-state index contributed by atoms with van der Waals surface area (Å²) in [6.45, 7) is 2.75. The van der Waals surface area contributed by atoms with Crippen LogP contribution in [-0.2, 0) is 4.79 Å². The Hall–Kier alpha value is -1.26. The molecule has 0 heterocycles. The summed E-state index contributed by atoms with van der Waals surface area (Å²) < 4.78 is 0. The average Bonchev–Trinajstić information content (AvgIpc) is 2.26. The van der Waals surface area contributed by atoms with Gasteiger partial charge >= 0.3 is 6.09 Å². The summed E-state index contributed by atoms with van der Waals surface area (Å²) in [5, 5.41) is 13.9. The zero-order chi connectivity index (χ0) is 12.0. The van der Waals surface area contributed by atoms with Crippen molar-refractivity contribution >= 4 is 12.0 Å². The Kier molecular flexibility index (Phi) is 5.08. The first-order valence-electron chi connectivity index (χ1n) is 5.90. The first kappa shape index (κ1) is 12.8. The van der Waals surface area contributed by atoms with Gasteiger partial charge in [0.15, 0.2) is 0 Å². The summed E-state index contributed by atoms with van der Waals surface area (Å²) in [7, 11) is 0. The van der Waals surface area contributed by atoms with E-state index in [0.29, 0.717) is 0 Å². The highest BCUT2D eigenvalue weighted by Crippen LogP contribution is 2.24. The molecule has 0 unspecified atom stereocenters. The summed E-state index contributed by atoms with van der Waals surface area (Å²) in [4.78, 5) is 22.1. The molecular formula is C11H20N2O3. The largest absolute Gasteiger partial charge is 0.465 e. The quantitative estimate of drug-likeness (QED) is 0.679. The number of rotatable bonds is 4. The van der Waals surface area contributed by atoms with Crippen LogP contribution < -0.4 is 10.6 Å². The summed E-state index contributed by atoms with van der Waals surface area (Å²) in [6.07, 6.45) is 3.05. The van der Waals surface area contributed by atoms with Crippen molar-refractivity contribution in [3.63, 3.8) is 0 Å². The van der Waals surface area contributed by atoms with E-state index in [1.165, 1.54) is 0 Å². The highest BCUT2D eigenvalue weighted by molar-refractivity contribution is 5.78. The minimum Gasteiger partial charge on any atom is -0.465 e. The molecule has 0 radical (unpaired) electrons. The lowest BCUT2D eigenvalue weighted by molar-refractivity contribution is -0.126. The van der Waals surface area contributed by atoms with Crippen molar-refractivity contribution in [1.29, 1.82) is 0 Å². The van der Waals surface area contributed by atoms with Gasteiger partial charge in [0, 0.05) is 18.5 Å². The van der Waals surface area contributed by atoms with Crippen molar-refractivity contribution in [2.45, 2.75) is 45.1 Å². The van der Waals surface area contributed by atoms with Crippen LogP contribution in [0.3, 0.4) is 0 Å². The summed E-state index contributed by atoms with van der Waals surface area (Å²) in [5.74, 6) is 0.189. The average molecular weight is 228 g/mol. The second-order valence-corrected chi connectivity index (χ2v) is 4.29. The number of hydrogen-bond acceptors (Lipinski definition) is 2. The van der Waals surface area contributed by atoms with Crippen LogP contribution in [0.5, 0.6) is 0 Å². The predicted molar refractivity (Wildman–Crippen MR) is 60.2 cm³/mol. The second-order valence-electron chi connectivity index (χ2n) is 4.29. The maximum Gasteiger partial charge on any atom is 0.404 e. The lowest BCUT2D eigenvalue weighted by Crippen LogP contribution is -2.40. The molecule has 1 aliphatic rings. The minimum atomic E-state index is -0.973. The molecule has 3 N–H and O–H groups in total. The van der Waals surface area contributed by atoms with Crippen LogP contribution in [0.2, 0.25) is 0 Å². The zero-order valence-corrected chi connectivity index (χ0v) is 9.66. The number of carbonyl (C=O) groups excluding carboxylic acids is 1. The van der Waals surface area contributed by atoms with Crippen LogP contribution in [0, 0.1) is 5.92 Å². The molecule has 0 aromatic heterocycles. The van der Waals surface area contributed by atoms with E-state index in [1.54, 1.807) is 0 Å². The molecule has 16 heavy (non-hydrogen) atoms. The number of hydrogen-bond donors (Lipinski definition) is 3. The van der Waals surface area contributed by atoms with E-state index in [9.17, 15) is 9.59 Å². The molecule has 2 amide bonds. The first-order valence-corrected chi connectivity index (χ1v) is 5.90. The van der Waals surface area contributed by atoms with Gasteiger partial charge in [0.1, 0.15) is 0 Å². The van der Waals surface area contributed by atoms with E-state index in [-0.39, 0.29) is 17.9 Å². The number of nitrogens with one attached hydrogen (secondary N) is 2. The molecule has 1 fully saturated rings. The van der Waals surface area contributed by atoms with Gasteiger partial charge in [0.25, 0.3) is 0 Å². The van der Waals surface area contributed by atoms with Crippen molar-refractivity contribution in [3.8, 4) is 0 Å². The van der Waals surface area contributed by atoms with E-state index < -0.39 is 6.09 Å². The molecule has 0 aromatic carbocycles. The van der Waals surface area contributed by atoms with Crippen molar-refractivity contribution < 1.29 is 14.7 Å². The van der Waals surface area contributed by atoms with Crippen LogP contribution in [0.15, 0.2) is 0 Å². The topological polar surface area (TPSA) is 78.4 Å². The van der Waals surface area contributed by atoms with E-state index in [2.05, 4.69) is 10.6 Å². The summed E-state index contributed by atoms with van der Waals surface area (Å²) in [6, 6.07) is 0.0210. The highest BCUT2D eigenvalue weighted by Gasteiger charge is 2.26. The fraction of sp³-hybridized carbons (Fsp3) is 0.818. The Morgan fingerprint density at radius 3 is 2.38 bits per heavy atom. The van der Waals surface area contributed by atoms with E-state index in [0.717, 1.165) is 38.6 Å². The van der Waals surface area contributed by atoms with Crippen LogP contribution in [0.1, 0.15) is 39.0 Å². The summed E-state index contributed by atoms with van der Waals surface area (Å²) >= 11 is 0. The van der Waals surface area contributed by atoms with Crippen LogP contribution in [0.4, 0.5) is 4.79 Å². The molecule has 5 nitrogen and oxygen atoms in total. The standard InChI is InChI=1S/C11H20N2O3/c1-2-7-12-10(14)8-3-5-9(6-4-8)13-11(15)16/h8-9,13H,2-7H2,1H3,(H,12,14)(H,15,16). The number of amides is 2. The Balaban J connectivity index is 2.25. The third-order valence-electron chi connectivity index (χ3n) is 2.97. The maximum atomic E-state index is 11.6. The molecule has 5 heteroatoms. The van der Waals surface area contributed by atoms with Gasteiger partial charge in [-0.05, 0) is 32.1 Å². The maximum absolute atomic E-state index is 11.6. The second kappa shape index (κ2) is 6.35. The Morgan fingerprint density at radius 1 is 1.25 bits per heavy atom. The van der Waals surface area contributed by atoms with Gasteiger partial charge in [-0.2, -0.15) is 0 Å². The Morgan fingerprint density at radius 2 is 1.88 bits per heavy atom. The SMILES string of the molecule is CCCNC(=O)C1CCC(NC(=O)O)CC1. The van der Waals surface area contributed by atoms with Gasteiger partial charge in [0.2, 0.25) is 5.91 Å². The van der Waals surface area contributed by atoms with Crippen LogP contribution in [-0.4, -0.2) is 29.7 Å². The zero-order valence-electron chi connectivity index (χ0n) is 9.66. The van der Waals surface area contributed by atoms with Gasteiger partial charge in [0.05, 0.1) is 0 Å². The van der Waals surface area contributed by atoms with Crippen molar-refractivity contribution in [3.05, 3.63) is 0 Å². The van der Waals surface area contributed by atoms with E-state index >= 15 is 0 Å². The molecule has 0 atom stereocenters. The van der Waals surface area contributed by atoms with Crippen molar-refractivity contribution in [1.82, 2.24) is 10.6 Å². The summed E-state index contributed by atoms with van der Waals surface area (Å²) in [5.41, 5.74) is 0. The van der Waals surface area contributed by atoms with Crippen molar-refractivity contribution in [2.75, 3.05) is 6.54 Å². The molecule has 1 saturated carbocycles. The molecule has 0 spiro atoms. The van der Waals surface area contributed by atoms with Crippen LogP contribution in [0.25, 0.3) is 0 Å². The fourth-order valence-corrected chi connectivity index (χ4v) is 2.07. The third-order valence-corrected chi connectivity index (χ3v) is 2.97. The third kappa shape index (κ3) is 4.08. The van der Waals surface area contributed by atoms with Gasteiger partial charge < -0.3 is 15.7 Å². The number of carboxylic acid groups (broad SMARTS) is 1. The fourth-order valence-electron chi connectivity index (χ4n) is 2.07. The minimum absolute atomic E-state index is 0.0210. The number of carbonyl (C=O) groups is 2. The van der Waals surface area contributed by atoms with Gasteiger partial charge in [-0.1, -0.05) is 6.92 Å². The molecule has 1 aliphatic carbocycles. The Bertz CT molecular complexity index is 248. The molecule has 0 aliphatic heterocycles. The van der Waals surface area contributed by atoms with Gasteiger partial charge in [-0.25, -0.2) is 4.79 Å². The van der Waals surface area contributed by atoms with Gasteiger partial charge in [-0.15, -0.1) is 0 Å². The molecular weight excluding hydrogens is 208 g/mol.